The number of pyridine rings is 1. The minimum absolute atomic E-state index is 0.133. The Morgan fingerprint density at radius 3 is 2.85 bits per heavy atom. The van der Waals surface area contributed by atoms with Gasteiger partial charge < -0.3 is 10.2 Å². The van der Waals surface area contributed by atoms with Gasteiger partial charge in [-0.25, -0.2) is 4.98 Å². The lowest BCUT2D eigenvalue weighted by molar-refractivity contribution is 0.0733. The van der Waals surface area contributed by atoms with Crippen molar-refractivity contribution < 1.29 is 4.79 Å². The van der Waals surface area contributed by atoms with Gasteiger partial charge in [0, 0.05) is 38.6 Å². The molecular weight excluding hydrogens is 256 g/mol. The second-order valence-electron chi connectivity index (χ2n) is 4.95. The van der Waals surface area contributed by atoms with Crippen molar-refractivity contribution in [3.63, 3.8) is 0 Å². The maximum Gasteiger partial charge on any atom is 0.270 e. The molecule has 0 spiro atoms. The summed E-state index contributed by atoms with van der Waals surface area (Å²) in [4.78, 5) is 30.7. The van der Waals surface area contributed by atoms with E-state index in [4.69, 9.17) is 0 Å². The summed E-state index contributed by atoms with van der Waals surface area (Å²) in [5, 5.41) is 3.18. The number of piperazine rings is 1. The maximum atomic E-state index is 12.4. The molecule has 6 heteroatoms. The minimum atomic E-state index is -0.307. The summed E-state index contributed by atoms with van der Waals surface area (Å²) in [6, 6.07) is 3.65. The molecule has 1 saturated heterocycles. The van der Waals surface area contributed by atoms with Crippen LogP contribution in [0.4, 0.5) is 0 Å². The molecule has 3 rings (SSSR count). The van der Waals surface area contributed by atoms with Crippen LogP contribution in [0.1, 0.15) is 15.9 Å². The van der Waals surface area contributed by atoms with Crippen LogP contribution in [-0.2, 0) is 0 Å². The molecule has 6 nitrogen and oxygen atoms in total. The van der Waals surface area contributed by atoms with Crippen LogP contribution >= 0.6 is 0 Å². The van der Waals surface area contributed by atoms with Gasteiger partial charge in [0.25, 0.3) is 11.5 Å². The zero-order chi connectivity index (χ0) is 14.1. The lowest BCUT2D eigenvalue weighted by Crippen LogP contribution is -2.47. The average molecular weight is 272 g/mol. The molecule has 0 bridgehead atoms. The molecule has 0 atom stereocenters. The summed E-state index contributed by atoms with van der Waals surface area (Å²) in [5.74, 6) is -0.237. The van der Waals surface area contributed by atoms with E-state index >= 15 is 0 Å². The highest BCUT2D eigenvalue weighted by Crippen LogP contribution is 2.05. The van der Waals surface area contributed by atoms with Crippen LogP contribution in [0, 0.1) is 6.92 Å². The SMILES string of the molecule is Cc1ccn2c(=O)c(C(=O)N3CCNCC3)cnc2c1. The van der Waals surface area contributed by atoms with Crippen molar-refractivity contribution in [3.05, 3.63) is 46.0 Å². The summed E-state index contributed by atoms with van der Waals surface area (Å²) in [6.07, 6.45) is 3.05. The monoisotopic (exact) mass is 272 g/mol. The van der Waals surface area contributed by atoms with Crippen LogP contribution in [0.2, 0.25) is 0 Å². The average Bonchev–Trinajstić information content (AvgIpc) is 2.48. The smallest absolute Gasteiger partial charge is 0.270 e. The first-order valence-electron chi connectivity index (χ1n) is 6.65. The number of hydrogen-bond acceptors (Lipinski definition) is 4. The van der Waals surface area contributed by atoms with E-state index in [0.717, 1.165) is 18.7 Å². The number of hydrogen-bond donors (Lipinski definition) is 1. The minimum Gasteiger partial charge on any atom is -0.336 e. The van der Waals surface area contributed by atoms with Gasteiger partial charge in [0.05, 0.1) is 0 Å². The van der Waals surface area contributed by atoms with Crippen molar-refractivity contribution >= 4 is 11.6 Å². The number of amides is 1. The third-order valence-electron chi connectivity index (χ3n) is 3.50. The second-order valence-corrected chi connectivity index (χ2v) is 4.95. The normalized spacial score (nSPS) is 15.6. The molecule has 2 aromatic rings. The van der Waals surface area contributed by atoms with Crippen LogP contribution in [0.5, 0.6) is 0 Å². The largest absolute Gasteiger partial charge is 0.336 e. The highest BCUT2D eigenvalue weighted by atomic mass is 16.2. The summed E-state index contributed by atoms with van der Waals surface area (Å²) < 4.78 is 1.42. The van der Waals surface area contributed by atoms with Crippen molar-refractivity contribution in [2.24, 2.45) is 0 Å². The van der Waals surface area contributed by atoms with Crippen molar-refractivity contribution in [1.82, 2.24) is 19.6 Å². The van der Waals surface area contributed by atoms with Crippen LogP contribution in [0.15, 0.2) is 29.3 Å². The van der Waals surface area contributed by atoms with Gasteiger partial charge in [-0.05, 0) is 24.6 Å². The third-order valence-corrected chi connectivity index (χ3v) is 3.50. The van der Waals surface area contributed by atoms with Crippen molar-refractivity contribution in [2.75, 3.05) is 26.2 Å². The molecule has 1 aliphatic heterocycles. The van der Waals surface area contributed by atoms with Gasteiger partial charge in [-0.2, -0.15) is 0 Å². The molecule has 0 aliphatic carbocycles. The van der Waals surface area contributed by atoms with Crippen LogP contribution in [0.3, 0.4) is 0 Å². The molecule has 0 aromatic carbocycles. The summed E-state index contributed by atoms with van der Waals surface area (Å²) >= 11 is 0. The van der Waals surface area contributed by atoms with E-state index in [1.807, 2.05) is 19.1 Å². The quantitative estimate of drug-likeness (QED) is 0.796. The van der Waals surface area contributed by atoms with E-state index in [1.54, 1.807) is 11.1 Å². The zero-order valence-electron chi connectivity index (χ0n) is 11.3. The number of carbonyl (C=O) groups is 1. The van der Waals surface area contributed by atoms with Gasteiger partial charge in [-0.15, -0.1) is 0 Å². The van der Waals surface area contributed by atoms with Crippen molar-refractivity contribution in [2.45, 2.75) is 6.92 Å². The van der Waals surface area contributed by atoms with Gasteiger partial charge in [-0.3, -0.25) is 14.0 Å². The number of aryl methyl sites for hydroxylation is 1. The number of rotatable bonds is 1. The van der Waals surface area contributed by atoms with E-state index < -0.39 is 0 Å². The van der Waals surface area contributed by atoms with E-state index in [0.29, 0.717) is 18.7 Å². The van der Waals surface area contributed by atoms with Crippen LogP contribution < -0.4 is 10.9 Å². The molecule has 20 heavy (non-hydrogen) atoms. The number of fused-ring (bicyclic) bond motifs is 1. The predicted molar refractivity (Wildman–Crippen MR) is 75.0 cm³/mol. The lowest BCUT2D eigenvalue weighted by Gasteiger charge is -2.27. The Morgan fingerprint density at radius 1 is 1.35 bits per heavy atom. The van der Waals surface area contributed by atoms with Crippen LogP contribution in [0.25, 0.3) is 5.65 Å². The molecule has 104 valence electrons. The van der Waals surface area contributed by atoms with E-state index in [2.05, 4.69) is 10.3 Å². The number of nitrogens with one attached hydrogen (secondary N) is 1. The van der Waals surface area contributed by atoms with Crippen molar-refractivity contribution in [1.29, 1.82) is 0 Å². The van der Waals surface area contributed by atoms with E-state index in [-0.39, 0.29) is 17.0 Å². The molecule has 0 saturated carbocycles. The zero-order valence-corrected chi connectivity index (χ0v) is 11.3. The topological polar surface area (TPSA) is 66.7 Å². The molecule has 1 fully saturated rings. The highest BCUT2D eigenvalue weighted by molar-refractivity contribution is 5.93. The molecule has 3 heterocycles. The van der Waals surface area contributed by atoms with Gasteiger partial charge >= 0.3 is 0 Å². The van der Waals surface area contributed by atoms with E-state index in [9.17, 15) is 9.59 Å². The molecular formula is C14H16N4O2. The van der Waals surface area contributed by atoms with Gasteiger partial charge in [0.1, 0.15) is 11.2 Å². The van der Waals surface area contributed by atoms with E-state index in [1.165, 1.54) is 10.6 Å². The molecule has 0 unspecified atom stereocenters. The Hall–Kier alpha value is -2.21. The standard InChI is InChI=1S/C14H16N4O2/c1-10-2-5-18-12(8-10)16-9-11(14(18)20)13(19)17-6-3-15-4-7-17/h2,5,8-9,15H,3-4,6-7H2,1H3. The van der Waals surface area contributed by atoms with Gasteiger partial charge in [0.15, 0.2) is 0 Å². The molecule has 2 aromatic heterocycles. The predicted octanol–water partition coefficient (Wildman–Crippen LogP) is 0.0483. The number of nitrogens with zero attached hydrogens (tertiary/aromatic N) is 3. The summed E-state index contributed by atoms with van der Waals surface area (Å²) in [7, 11) is 0. The molecule has 1 aliphatic rings. The maximum absolute atomic E-state index is 12.4. The number of carbonyl (C=O) groups excluding carboxylic acids is 1. The van der Waals surface area contributed by atoms with Gasteiger partial charge in [0.2, 0.25) is 0 Å². The molecule has 1 N–H and O–H groups in total. The third kappa shape index (κ3) is 2.18. The number of aromatic nitrogens is 2. The Labute approximate surface area is 116 Å². The Bertz CT molecular complexity index is 717. The Balaban J connectivity index is 2.03. The van der Waals surface area contributed by atoms with Crippen molar-refractivity contribution in [3.8, 4) is 0 Å². The summed E-state index contributed by atoms with van der Waals surface area (Å²) in [5.41, 5.74) is 1.41. The van der Waals surface area contributed by atoms with Gasteiger partial charge in [-0.1, -0.05) is 0 Å². The van der Waals surface area contributed by atoms with Crippen LogP contribution in [-0.4, -0.2) is 46.4 Å². The fourth-order valence-corrected chi connectivity index (χ4v) is 2.36. The lowest BCUT2D eigenvalue weighted by atomic mass is 10.2. The summed E-state index contributed by atoms with van der Waals surface area (Å²) in [6.45, 7) is 4.69. The molecule has 0 radical (unpaired) electrons. The Kier molecular flexibility index (Phi) is 3.23. The fourth-order valence-electron chi connectivity index (χ4n) is 2.36. The second kappa shape index (κ2) is 5.05. The molecule has 1 amide bonds. The first-order chi connectivity index (χ1) is 9.66. The fraction of sp³-hybridized carbons (Fsp3) is 0.357. The highest BCUT2D eigenvalue weighted by Gasteiger charge is 2.21. The Morgan fingerprint density at radius 2 is 2.10 bits per heavy atom. The first-order valence-corrected chi connectivity index (χ1v) is 6.65. The first kappa shape index (κ1) is 12.8.